The number of aryl methyl sites for hydroxylation is 1. The van der Waals surface area contributed by atoms with Crippen molar-refractivity contribution in [3.05, 3.63) is 23.7 Å². The number of imide groups is 1. The monoisotopic (exact) mass is 194 g/mol. The van der Waals surface area contributed by atoms with Crippen LogP contribution in [0.25, 0.3) is 0 Å². The Morgan fingerprint density at radius 3 is 2.71 bits per heavy atom. The Balaban J connectivity index is 2.05. The van der Waals surface area contributed by atoms with Crippen LogP contribution in [0.15, 0.2) is 16.5 Å². The molecule has 1 saturated heterocycles. The molecule has 0 saturated carbocycles. The molecule has 3 amide bonds. The summed E-state index contributed by atoms with van der Waals surface area (Å²) in [7, 11) is 0. The summed E-state index contributed by atoms with van der Waals surface area (Å²) in [4.78, 5) is 21.9. The fraction of sp³-hybridized carbons (Fsp3) is 0.333. The maximum absolute atomic E-state index is 11.2. The lowest BCUT2D eigenvalue weighted by molar-refractivity contribution is -0.120. The van der Waals surface area contributed by atoms with Gasteiger partial charge in [0.25, 0.3) is 5.91 Å². The predicted molar refractivity (Wildman–Crippen MR) is 47.6 cm³/mol. The van der Waals surface area contributed by atoms with Crippen LogP contribution < -0.4 is 10.6 Å². The standard InChI is InChI=1S/C9H10N2O3/c1-5-2-3-6(14-5)4-7-8(12)11-9(13)10-7/h2-3,7H,4H2,1H3,(H2,10,11,12,13). The second kappa shape index (κ2) is 3.17. The van der Waals surface area contributed by atoms with Crippen LogP contribution in [0.1, 0.15) is 11.5 Å². The molecule has 1 aliphatic rings. The quantitative estimate of drug-likeness (QED) is 0.667. The zero-order valence-corrected chi connectivity index (χ0v) is 7.66. The molecule has 1 unspecified atom stereocenters. The van der Waals surface area contributed by atoms with Gasteiger partial charge in [-0.3, -0.25) is 10.1 Å². The minimum Gasteiger partial charge on any atom is -0.466 e. The molecular weight excluding hydrogens is 184 g/mol. The molecule has 0 radical (unpaired) electrons. The lowest BCUT2D eigenvalue weighted by Gasteiger charge is -2.03. The summed E-state index contributed by atoms with van der Waals surface area (Å²) in [5.74, 6) is 1.19. The van der Waals surface area contributed by atoms with E-state index >= 15 is 0 Å². The SMILES string of the molecule is Cc1ccc(CC2NC(=O)NC2=O)o1. The summed E-state index contributed by atoms with van der Waals surface area (Å²) in [6.07, 6.45) is 0.394. The van der Waals surface area contributed by atoms with Crippen molar-refractivity contribution >= 4 is 11.9 Å². The Kier molecular flexibility index (Phi) is 1.99. The Morgan fingerprint density at radius 1 is 1.43 bits per heavy atom. The Morgan fingerprint density at radius 2 is 2.21 bits per heavy atom. The number of urea groups is 1. The molecule has 74 valence electrons. The van der Waals surface area contributed by atoms with E-state index in [1.54, 1.807) is 6.07 Å². The topological polar surface area (TPSA) is 71.3 Å². The number of carbonyl (C=O) groups excluding carboxylic acids is 2. The molecule has 1 atom stereocenters. The first-order valence-electron chi connectivity index (χ1n) is 4.32. The van der Waals surface area contributed by atoms with Crippen molar-refractivity contribution in [1.29, 1.82) is 0 Å². The number of amides is 3. The van der Waals surface area contributed by atoms with Crippen LogP contribution in [0.4, 0.5) is 4.79 Å². The number of carbonyl (C=O) groups is 2. The van der Waals surface area contributed by atoms with Crippen molar-refractivity contribution in [3.63, 3.8) is 0 Å². The van der Waals surface area contributed by atoms with Crippen LogP contribution in [0.3, 0.4) is 0 Å². The van der Waals surface area contributed by atoms with Gasteiger partial charge in [-0.15, -0.1) is 0 Å². The van der Waals surface area contributed by atoms with Crippen LogP contribution in [0.5, 0.6) is 0 Å². The molecule has 1 aliphatic heterocycles. The second-order valence-electron chi connectivity index (χ2n) is 3.23. The van der Waals surface area contributed by atoms with Gasteiger partial charge in [0, 0.05) is 6.42 Å². The Hall–Kier alpha value is -1.78. The highest BCUT2D eigenvalue weighted by atomic mass is 16.3. The summed E-state index contributed by atoms with van der Waals surface area (Å²) in [6.45, 7) is 1.83. The molecule has 2 heterocycles. The molecule has 5 heteroatoms. The molecule has 0 spiro atoms. The molecular formula is C9H10N2O3. The number of hydrogen-bond acceptors (Lipinski definition) is 3. The molecule has 5 nitrogen and oxygen atoms in total. The van der Waals surface area contributed by atoms with E-state index in [0.717, 1.165) is 5.76 Å². The van der Waals surface area contributed by atoms with Gasteiger partial charge in [-0.2, -0.15) is 0 Å². The van der Waals surface area contributed by atoms with Gasteiger partial charge in [0.05, 0.1) is 0 Å². The first-order valence-corrected chi connectivity index (χ1v) is 4.32. The van der Waals surface area contributed by atoms with Crippen LogP contribution in [-0.4, -0.2) is 18.0 Å². The van der Waals surface area contributed by atoms with E-state index in [4.69, 9.17) is 4.42 Å². The summed E-state index contributed by atoms with van der Waals surface area (Å²) in [6, 6.07) is 2.67. The molecule has 14 heavy (non-hydrogen) atoms. The predicted octanol–water partition coefficient (Wildman–Crippen LogP) is 0.339. The smallest absolute Gasteiger partial charge is 0.322 e. The lowest BCUT2D eigenvalue weighted by Crippen LogP contribution is -2.30. The van der Waals surface area contributed by atoms with Crippen LogP contribution in [0.2, 0.25) is 0 Å². The van der Waals surface area contributed by atoms with Crippen LogP contribution in [0, 0.1) is 6.92 Å². The average Bonchev–Trinajstić information content (AvgIpc) is 2.61. The van der Waals surface area contributed by atoms with Gasteiger partial charge >= 0.3 is 6.03 Å². The third-order valence-corrected chi connectivity index (χ3v) is 2.06. The summed E-state index contributed by atoms with van der Waals surface area (Å²) >= 11 is 0. The van der Waals surface area contributed by atoms with Crippen molar-refractivity contribution in [3.8, 4) is 0 Å². The van der Waals surface area contributed by atoms with Gasteiger partial charge in [-0.1, -0.05) is 0 Å². The fourth-order valence-electron chi connectivity index (χ4n) is 1.40. The largest absolute Gasteiger partial charge is 0.466 e. The van der Waals surface area contributed by atoms with Crippen molar-refractivity contribution in [1.82, 2.24) is 10.6 Å². The number of furan rings is 1. The van der Waals surface area contributed by atoms with E-state index in [9.17, 15) is 9.59 Å². The van der Waals surface area contributed by atoms with E-state index in [0.29, 0.717) is 12.2 Å². The van der Waals surface area contributed by atoms with Crippen molar-refractivity contribution in [2.24, 2.45) is 0 Å². The van der Waals surface area contributed by atoms with E-state index in [2.05, 4.69) is 10.6 Å². The highest BCUT2D eigenvalue weighted by molar-refractivity contribution is 6.04. The Bertz CT molecular complexity index is 383. The van der Waals surface area contributed by atoms with Gasteiger partial charge in [0.2, 0.25) is 0 Å². The van der Waals surface area contributed by atoms with E-state index in [1.165, 1.54) is 0 Å². The maximum atomic E-state index is 11.2. The van der Waals surface area contributed by atoms with Crippen LogP contribution >= 0.6 is 0 Å². The number of rotatable bonds is 2. The third-order valence-electron chi connectivity index (χ3n) is 2.06. The normalized spacial score (nSPS) is 20.8. The number of nitrogens with one attached hydrogen (secondary N) is 2. The molecule has 2 rings (SSSR count). The molecule has 1 aromatic rings. The zero-order chi connectivity index (χ0) is 10.1. The van der Waals surface area contributed by atoms with Crippen molar-refractivity contribution < 1.29 is 14.0 Å². The maximum Gasteiger partial charge on any atom is 0.322 e. The summed E-state index contributed by atoms with van der Waals surface area (Å²) in [5, 5.41) is 4.67. The van der Waals surface area contributed by atoms with Gasteiger partial charge < -0.3 is 9.73 Å². The van der Waals surface area contributed by atoms with Gasteiger partial charge in [0.15, 0.2) is 0 Å². The van der Waals surface area contributed by atoms with E-state index < -0.39 is 12.1 Å². The fourth-order valence-corrected chi connectivity index (χ4v) is 1.40. The summed E-state index contributed by atoms with van der Waals surface area (Å²) < 4.78 is 5.30. The minimum absolute atomic E-state index is 0.302. The molecule has 0 aromatic carbocycles. The highest BCUT2D eigenvalue weighted by Gasteiger charge is 2.30. The van der Waals surface area contributed by atoms with Crippen LogP contribution in [-0.2, 0) is 11.2 Å². The molecule has 0 aliphatic carbocycles. The average molecular weight is 194 g/mol. The minimum atomic E-state index is -0.506. The number of hydrogen-bond donors (Lipinski definition) is 2. The molecule has 0 bridgehead atoms. The van der Waals surface area contributed by atoms with Gasteiger partial charge in [-0.05, 0) is 19.1 Å². The van der Waals surface area contributed by atoms with Crippen molar-refractivity contribution in [2.75, 3.05) is 0 Å². The molecule has 1 aromatic heterocycles. The van der Waals surface area contributed by atoms with E-state index in [1.807, 2.05) is 13.0 Å². The zero-order valence-electron chi connectivity index (χ0n) is 7.66. The Labute approximate surface area is 80.5 Å². The summed E-state index contributed by atoms with van der Waals surface area (Å²) in [5.41, 5.74) is 0. The first kappa shape index (κ1) is 8.80. The second-order valence-corrected chi connectivity index (χ2v) is 3.23. The molecule has 1 fully saturated rings. The highest BCUT2D eigenvalue weighted by Crippen LogP contribution is 2.10. The third kappa shape index (κ3) is 1.61. The van der Waals surface area contributed by atoms with Crippen molar-refractivity contribution in [2.45, 2.75) is 19.4 Å². The van der Waals surface area contributed by atoms with Gasteiger partial charge in [0.1, 0.15) is 17.6 Å². The lowest BCUT2D eigenvalue weighted by atomic mass is 10.2. The van der Waals surface area contributed by atoms with E-state index in [-0.39, 0.29) is 5.91 Å². The molecule has 2 N–H and O–H groups in total. The van der Waals surface area contributed by atoms with Gasteiger partial charge in [-0.25, -0.2) is 4.79 Å². The first-order chi connectivity index (χ1) is 6.65.